The lowest BCUT2D eigenvalue weighted by molar-refractivity contribution is -0.118. The van der Waals surface area contributed by atoms with Gasteiger partial charge in [0.15, 0.2) is 6.61 Å². The molecule has 0 spiro atoms. The van der Waals surface area contributed by atoms with Crippen molar-refractivity contribution < 1.29 is 19.4 Å². The minimum absolute atomic E-state index is 0.0448. The number of para-hydroxylation sites is 1. The van der Waals surface area contributed by atoms with Crippen LogP contribution in [0.5, 0.6) is 5.75 Å². The summed E-state index contributed by atoms with van der Waals surface area (Å²) in [6.45, 7) is 5.69. The molecule has 23 heavy (non-hydrogen) atoms. The van der Waals surface area contributed by atoms with Gasteiger partial charge in [-0.15, -0.1) is 0 Å². The second kappa shape index (κ2) is 6.96. The number of nitrogens with one attached hydrogen (secondary N) is 1. The van der Waals surface area contributed by atoms with E-state index in [-0.39, 0.29) is 17.9 Å². The van der Waals surface area contributed by atoms with Crippen LogP contribution in [0, 0.1) is 20.8 Å². The van der Waals surface area contributed by atoms with Crippen LogP contribution in [-0.4, -0.2) is 23.6 Å². The molecule has 5 heteroatoms. The highest BCUT2D eigenvalue weighted by atomic mass is 16.5. The Morgan fingerprint density at radius 3 is 2.52 bits per heavy atom. The molecule has 0 aliphatic carbocycles. The van der Waals surface area contributed by atoms with Crippen molar-refractivity contribution in [2.24, 2.45) is 0 Å². The van der Waals surface area contributed by atoms with Gasteiger partial charge in [0.2, 0.25) is 0 Å². The molecule has 0 fully saturated rings. The fraction of sp³-hybridized carbons (Fsp3) is 0.222. The monoisotopic (exact) mass is 313 g/mol. The zero-order valence-corrected chi connectivity index (χ0v) is 13.3. The minimum Gasteiger partial charge on any atom is -0.483 e. The summed E-state index contributed by atoms with van der Waals surface area (Å²) in [5, 5.41) is 11.7. The number of ether oxygens (including phenoxy) is 1. The third kappa shape index (κ3) is 4.10. The lowest BCUT2D eigenvalue weighted by atomic mass is 10.1. The molecule has 0 aliphatic heterocycles. The largest absolute Gasteiger partial charge is 0.483 e. The van der Waals surface area contributed by atoms with Gasteiger partial charge in [-0.1, -0.05) is 18.2 Å². The molecule has 1 amide bonds. The van der Waals surface area contributed by atoms with E-state index in [1.54, 1.807) is 18.2 Å². The molecule has 0 atom stereocenters. The molecule has 0 radical (unpaired) electrons. The molecule has 2 aromatic rings. The van der Waals surface area contributed by atoms with E-state index < -0.39 is 11.9 Å². The summed E-state index contributed by atoms with van der Waals surface area (Å²) in [7, 11) is 0. The molecular weight excluding hydrogens is 294 g/mol. The van der Waals surface area contributed by atoms with Gasteiger partial charge in [0, 0.05) is 0 Å². The molecule has 2 rings (SSSR count). The van der Waals surface area contributed by atoms with E-state index in [2.05, 4.69) is 5.32 Å². The summed E-state index contributed by atoms with van der Waals surface area (Å²) in [5.74, 6) is -0.839. The maximum atomic E-state index is 12.0. The molecule has 2 N–H and O–H groups in total. The van der Waals surface area contributed by atoms with Gasteiger partial charge >= 0.3 is 5.97 Å². The summed E-state index contributed by atoms with van der Waals surface area (Å²) in [6.07, 6.45) is 0. The first kappa shape index (κ1) is 16.5. The number of carbonyl (C=O) groups excluding carboxylic acids is 1. The van der Waals surface area contributed by atoms with Crippen molar-refractivity contribution in [1.29, 1.82) is 0 Å². The summed E-state index contributed by atoms with van der Waals surface area (Å²) < 4.78 is 5.57. The van der Waals surface area contributed by atoms with Crippen LogP contribution in [-0.2, 0) is 4.79 Å². The molecule has 0 saturated carbocycles. The lowest BCUT2D eigenvalue weighted by Gasteiger charge is -2.13. The van der Waals surface area contributed by atoms with Crippen LogP contribution in [0.2, 0.25) is 0 Å². The first-order chi connectivity index (χ1) is 10.9. The Kier molecular flexibility index (Phi) is 5.01. The van der Waals surface area contributed by atoms with Gasteiger partial charge in [-0.2, -0.15) is 0 Å². The van der Waals surface area contributed by atoms with Crippen LogP contribution in [0.25, 0.3) is 0 Å². The van der Waals surface area contributed by atoms with E-state index >= 15 is 0 Å². The Morgan fingerprint density at radius 2 is 1.83 bits per heavy atom. The van der Waals surface area contributed by atoms with E-state index in [1.165, 1.54) is 6.07 Å². The van der Waals surface area contributed by atoms with E-state index in [0.717, 1.165) is 16.7 Å². The zero-order chi connectivity index (χ0) is 17.0. The molecule has 0 unspecified atom stereocenters. The fourth-order valence-electron chi connectivity index (χ4n) is 2.26. The van der Waals surface area contributed by atoms with Gasteiger partial charge < -0.3 is 15.2 Å². The molecule has 0 heterocycles. The van der Waals surface area contributed by atoms with E-state index in [9.17, 15) is 9.59 Å². The second-order valence-electron chi connectivity index (χ2n) is 5.39. The van der Waals surface area contributed by atoms with Crippen molar-refractivity contribution in [3.05, 3.63) is 58.7 Å². The average Bonchev–Trinajstić information content (AvgIpc) is 2.49. The number of aryl methyl sites for hydroxylation is 2. The van der Waals surface area contributed by atoms with Crippen LogP contribution in [0.4, 0.5) is 5.69 Å². The quantitative estimate of drug-likeness (QED) is 0.888. The second-order valence-corrected chi connectivity index (χ2v) is 5.39. The predicted octanol–water partition coefficient (Wildman–Crippen LogP) is 3.33. The molecule has 0 aliphatic rings. The van der Waals surface area contributed by atoms with Gasteiger partial charge in [-0.05, 0) is 55.7 Å². The number of anilines is 1. The highest BCUT2D eigenvalue weighted by Crippen LogP contribution is 2.23. The Bertz CT molecular complexity index is 753. The topological polar surface area (TPSA) is 75.6 Å². The Morgan fingerprint density at radius 1 is 1.13 bits per heavy atom. The first-order valence-electron chi connectivity index (χ1n) is 7.21. The van der Waals surface area contributed by atoms with Crippen LogP contribution < -0.4 is 10.1 Å². The molecule has 0 saturated heterocycles. The Balaban J connectivity index is 2.06. The van der Waals surface area contributed by atoms with Crippen molar-refractivity contribution in [3.63, 3.8) is 0 Å². The molecule has 0 bridgehead atoms. The molecule has 0 aromatic heterocycles. The highest BCUT2D eigenvalue weighted by Gasteiger charge is 2.12. The summed E-state index contributed by atoms with van der Waals surface area (Å²) >= 11 is 0. The van der Waals surface area contributed by atoms with Crippen molar-refractivity contribution >= 4 is 17.6 Å². The summed E-state index contributed by atoms with van der Waals surface area (Å²) in [4.78, 5) is 23.1. The van der Waals surface area contributed by atoms with E-state index in [0.29, 0.717) is 5.75 Å². The number of hydrogen-bond acceptors (Lipinski definition) is 3. The molecule has 2 aromatic carbocycles. The number of carbonyl (C=O) groups is 2. The van der Waals surface area contributed by atoms with Crippen LogP contribution in [0.15, 0.2) is 36.4 Å². The van der Waals surface area contributed by atoms with Crippen molar-refractivity contribution in [1.82, 2.24) is 0 Å². The van der Waals surface area contributed by atoms with Crippen molar-refractivity contribution in [2.75, 3.05) is 11.9 Å². The number of aromatic carboxylic acids is 1. The predicted molar refractivity (Wildman–Crippen MR) is 88.2 cm³/mol. The zero-order valence-electron chi connectivity index (χ0n) is 13.3. The summed E-state index contributed by atoms with van der Waals surface area (Å²) in [5.41, 5.74) is 3.43. The molecular formula is C18H19NO4. The number of benzene rings is 2. The standard InChI is InChI=1S/C18H19NO4/c1-11-8-12(2)13(3)16(9-11)23-10-17(20)19-15-7-5-4-6-14(15)18(21)22/h4-9H,10H2,1-3H3,(H,19,20)(H,21,22). The Hall–Kier alpha value is -2.82. The van der Waals surface area contributed by atoms with Crippen molar-refractivity contribution in [3.8, 4) is 5.75 Å². The maximum Gasteiger partial charge on any atom is 0.337 e. The third-order valence-electron chi connectivity index (χ3n) is 3.55. The number of hydrogen-bond donors (Lipinski definition) is 2. The van der Waals surface area contributed by atoms with Gasteiger partial charge in [-0.25, -0.2) is 4.79 Å². The van der Waals surface area contributed by atoms with Crippen LogP contribution >= 0.6 is 0 Å². The van der Waals surface area contributed by atoms with Gasteiger partial charge in [0.25, 0.3) is 5.91 Å². The van der Waals surface area contributed by atoms with E-state index in [1.807, 2.05) is 32.9 Å². The Labute approximate surface area is 134 Å². The fourth-order valence-corrected chi connectivity index (χ4v) is 2.26. The third-order valence-corrected chi connectivity index (χ3v) is 3.55. The minimum atomic E-state index is -1.09. The number of amides is 1. The first-order valence-corrected chi connectivity index (χ1v) is 7.21. The maximum absolute atomic E-state index is 12.0. The number of carboxylic acids is 1. The van der Waals surface area contributed by atoms with Crippen LogP contribution in [0.3, 0.4) is 0 Å². The van der Waals surface area contributed by atoms with Gasteiger partial charge in [-0.3, -0.25) is 4.79 Å². The van der Waals surface area contributed by atoms with Gasteiger partial charge in [0.05, 0.1) is 11.3 Å². The molecule has 5 nitrogen and oxygen atoms in total. The SMILES string of the molecule is Cc1cc(C)c(C)c(OCC(=O)Nc2ccccc2C(=O)O)c1. The number of rotatable bonds is 5. The van der Waals surface area contributed by atoms with Crippen LogP contribution in [0.1, 0.15) is 27.0 Å². The van der Waals surface area contributed by atoms with E-state index in [4.69, 9.17) is 9.84 Å². The number of carboxylic acid groups (broad SMARTS) is 1. The molecule has 120 valence electrons. The summed E-state index contributed by atoms with van der Waals surface area (Å²) in [6, 6.07) is 10.2. The highest BCUT2D eigenvalue weighted by molar-refractivity contribution is 6.00. The normalized spacial score (nSPS) is 10.2. The van der Waals surface area contributed by atoms with Gasteiger partial charge in [0.1, 0.15) is 5.75 Å². The lowest BCUT2D eigenvalue weighted by Crippen LogP contribution is -2.21. The average molecular weight is 313 g/mol. The van der Waals surface area contributed by atoms with Crippen molar-refractivity contribution in [2.45, 2.75) is 20.8 Å². The smallest absolute Gasteiger partial charge is 0.337 e.